The van der Waals surface area contributed by atoms with Crippen LogP contribution in [0.15, 0.2) is 18.3 Å². The number of ether oxygens (including phenoxy) is 3. The fraction of sp³-hybridized carbons (Fsp3) is 0.333. The molecular weight excluding hydrogens is 338 g/mol. The predicted molar refractivity (Wildman–Crippen MR) is 93.4 cm³/mol. The van der Waals surface area contributed by atoms with Gasteiger partial charge < -0.3 is 14.2 Å². The summed E-state index contributed by atoms with van der Waals surface area (Å²) in [5.74, 6) is 0.898. The SMILES string of the molecule is COc1cc(C(=O)Nc2ncc3c(n2)CCCC3=O)cc(OC)c1OC. The van der Waals surface area contributed by atoms with E-state index in [9.17, 15) is 9.59 Å². The molecule has 1 heterocycles. The molecule has 0 unspecified atom stereocenters. The van der Waals surface area contributed by atoms with Crippen molar-refractivity contribution in [1.29, 1.82) is 0 Å². The molecule has 0 saturated carbocycles. The van der Waals surface area contributed by atoms with Crippen LogP contribution in [0.25, 0.3) is 0 Å². The third-order valence-corrected chi connectivity index (χ3v) is 4.14. The van der Waals surface area contributed by atoms with Crippen LogP contribution in [0.4, 0.5) is 5.95 Å². The van der Waals surface area contributed by atoms with E-state index in [4.69, 9.17) is 14.2 Å². The Morgan fingerprint density at radius 3 is 2.38 bits per heavy atom. The van der Waals surface area contributed by atoms with Crippen LogP contribution in [0.3, 0.4) is 0 Å². The molecule has 3 rings (SSSR count). The van der Waals surface area contributed by atoms with Gasteiger partial charge in [0.25, 0.3) is 5.91 Å². The van der Waals surface area contributed by atoms with Crippen molar-refractivity contribution in [2.75, 3.05) is 26.6 Å². The van der Waals surface area contributed by atoms with E-state index in [1.807, 2.05) is 0 Å². The molecule has 26 heavy (non-hydrogen) atoms. The van der Waals surface area contributed by atoms with E-state index < -0.39 is 5.91 Å². The van der Waals surface area contributed by atoms with Crippen LogP contribution in [0, 0.1) is 0 Å². The van der Waals surface area contributed by atoms with Crippen molar-refractivity contribution in [3.8, 4) is 17.2 Å². The van der Waals surface area contributed by atoms with Crippen molar-refractivity contribution in [1.82, 2.24) is 9.97 Å². The first-order valence-electron chi connectivity index (χ1n) is 8.07. The van der Waals surface area contributed by atoms with Crippen LogP contribution in [0.1, 0.15) is 39.3 Å². The summed E-state index contributed by atoms with van der Waals surface area (Å²) in [6.07, 6.45) is 3.42. The highest BCUT2D eigenvalue weighted by Gasteiger charge is 2.21. The van der Waals surface area contributed by atoms with Gasteiger partial charge >= 0.3 is 0 Å². The maximum absolute atomic E-state index is 12.6. The van der Waals surface area contributed by atoms with Crippen molar-refractivity contribution in [3.63, 3.8) is 0 Å². The number of benzene rings is 1. The van der Waals surface area contributed by atoms with Gasteiger partial charge in [0.05, 0.1) is 32.6 Å². The molecule has 0 aliphatic heterocycles. The van der Waals surface area contributed by atoms with Crippen LogP contribution in [-0.2, 0) is 6.42 Å². The largest absolute Gasteiger partial charge is 0.493 e. The molecule has 1 aliphatic carbocycles. The molecule has 1 N–H and O–H groups in total. The average molecular weight is 357 g/mol. The molecule has 0 saturated heterocycles. The summed E-state index contributed by atoms with van der Waals surface area (Å²) in [6, 6.07) is 3.08. The number of methoxy groups -OCH3 is 3. The number of anilines is 1. The maximum Gasteiger partial charge on any atom is 0.258 e. The van der Waals surface area contributed by atoms with E-state index in [0.717, 1.165) is 6.42 Å². The molecule has 1 aromatic heterocycles. The topological polar surface area (TPSA) is 99.6 Å². The minimum atomic E-state index is -0.425. The third kappa shape index (κ3) is 3.30. The van der Waals surface area contributed by atoms with Crippen LogP contribution in [-0.4, -0.2) is 43.0 Å². The summed E-state index contributed by atoms with van der Waals surface area (Å²) in [5.41, 5.74) is 1.50. The summed E-state index contributed by atoms with van der Waals surface area (Å²) in [4.78, 5) is 32.8. The summed E-state index contributed by atoms with van der Waals surface area (Å²) in [6.45, 7) is 0. The Labute approximate surface area is 150 Å². The molecule has 8 heteroatoms. The van der Waals surface area contributed by atoms with Crippen LogP contribution in [0.5, 0.6) is 17.2 Å². The lowest BCUT2D eigenvalue weighted by Crippen LogP contribution is -2.18. The normalized spacial score (nSPS) is 13.0. The highest BCUT2D eigenvalue weighted by atomic mass is 16.5. The molecular formula is C18H19N3O5. The second-order valence-electron chi connectivity index (χ2n) is 5.70. The lowest BCUT2D eigenvalue weighted by molar-refractivity contribution is 0.0970. The van der Waals surface area contributed by atoms with Crippen molar-refractivity contribution in [2.45, 2.75) is 19.3 Å². The van der Waals surface area contributed by atoms with Gasteiger partial charge in [0.1, 0.15) is 0 Å². The van der Waals surface area contributed by atoms with Gasteiger partial charge in [-0.2, -0.15) is 0 Å². The van der Waals surface area contributed by atoms with Gasteiger partial charge in [-0.25, -0.2) is 9.97 Å². The lowest BCUT2D eigenvalue weighted by Gasteiger charge is -2.15. The van der Waals surface area contributed by atoms with Crippen LogP contribution < -0.4 is 19.5 Å². The first-order chi connectivity index (χ1) is 12.6. The fourth-order valence-electron chi connectivity index (χ4n) is 2.84. The average Bonchev–Trinajstić information content (AvgIpc) is 2.66. The van der Waals surface area contributed by atoms with Crippen molar-refractivity contribution >= 4 is 17.6 Å². The molecule has 8 nitrogen and oxygen atoms in total. The number of nitrogens with one attached hydrogen (secondary N) is 1. The Bertz CT molecular complexity index is 841. The number of fused-ring (bicyclic) bond motifs is 1. The quantitative estimate of drug-likeness (QED) is 0.876. The van der Waals surface area contributed by atoms with Gasteiger partial charge in [-0.3, -0.25) is 14.9 Å². The molecule has 136 valence electrons. The molecule has 1 amide bonds. The molecule has 0 radical (unpaired) electrons. The second-order valence-corrected chi connectivity index (χ2v) is 5.70. The number of Topliss-reactive ketones (excluding diaryl/α,β-unsaturated/α-hetero) is 1. The van der Waals surface area contributed by atoms with Crippen molar-refractivity contribution in [2.24, 2.45) is 0 Å². The van der Waals surface area contributed by atoms with E-state index in [1.54, 1.807) is 12.1 Å². The highest BCUT2D eigenvalue weighted by Crippen LogP contribution is 2.38. The number of ketones is 1. The molecule has 0 spiro atoms. The molecule has 2 aromatic rings. The number of aryl methyl sites for hydroxylation is 1. The summed E-state index contributed by atoms with van der Waals surface area (Å²) in [7, 11) is 4.44. The zero-order chi connectivity index (χ0) is 18.7. The number of amides is 1. The standard InChI is InChI=1S/C18H19N3O5/c1-24-14-7-10(8-15(25-2)16(14)26-3)17(23)21-18-19-9-11-12(20-18)5-4-6-13(11)22/h7-9H,4-6H2,1-3H3,(H,19,20,21,23). The molecule has 0 atom stereocenters. The summed E-state index contributed by atoms with van der Waals surface area (Å²) >= 11 is 0. The van der Waals surface area contributed by atoms with E-state index in [2.05, 4.69) is 15.3 Å². The monoisotopic (exact) mass is 357 g/mol. The number of hydrogen-bond donors (Lipinski definition) is 1. The number of carbonyl (C=O) groups is 2. The number of rotatable bonds is 5. The number of carbonyl (C=O) groups excluding carboxylic acids is 2. The fourth-order valence-corrected chi connectivity index (χ4v) is 2.84. The minimum Gasteiger partial charge on any atom is -0.493 e. The summed E-state index contributed by atoms with van der Waals surface area (Å²) < 4.78 is 15.7. The Hall–Kier alpha value is -3.16. The first-order valence-corrected chi connectivity index (χ1v) is 8.07. The Balaban J connectivity index is 1.87. The highest BCUT2D eigenvalue weighted by molar-refractivity contribution is 6.04. The van der Waals surface area contributed by atoms with Gasteiger partial charge in [0, 0.05) is 18.2 Å². The minimum absolute atomic E-state index is 0.0359. The lowest BCUT2D eigenvalue weighted by atomic mass is 9.96. The van der Waals surface area contributed by atoms with Crippen molar-refractivity contribution < 1.29 is 23.8 Å². The Kier molecular flexibility index (Phi) is 5.01. The van der Waals surface area contributed by atoms with Gasteiger partial charge in [-0.05, 0) is 25.0 Å². The zero-order valence-electron chi connectivity index (χ0n) is 14.8. The number of hydrogen-bond acceptors (Lipinski definition) is 7. The molecule has 0 bridgehead atoms. The maximum atomic E-state index is 12.6. The van der Waals surface area contributed by atoms with Crippen LogP contribution >= 0.6 is 0 Å². The second kappa shape index (κ2) is 7.38. The van der Waals surface area contributed by atoms with Gasteiger partial charge in [-0.1, -0.05) is 0 Å². The molecule has 0 fully saturated rings. The van der Waals surface area contributed by atoms with E-state index in [-0.39, 0.29) is 11.7 Å². The molecule has 1 aromatic carbocycles. The first kappa shape index (κ1) is 17.7. The molecule has 1 aliphatic rings. The predicted octanol–water partition coefficient (Wildman–Crippen LogP) is 2.27. The van der Waals surface area contributed by atoms with Crippen LogP contribution in [0.2, 0.25) is 0 Å². The van der Waals surface area contributed by atoms with E-state index in [0.29, 0.717) is 46.9 Å². The van der Waals surface area contributed by atoms with Gasteiger partial charge in [-0.15, -0.1) is 0 Å². The summed E-state index contributed by atoms with van der Waals surface area (Å²) in [5, 5.41) is 2.64. The Morgan fingerprint density at radius 2 is 1.77 bits per heavy atom. The zero-order valence-corrected chi connectivity index (χ0v) is 14.8. The Morgan fingerprint density at radius 1 is 1.08 bits per heavy atom. The van der Waals surface area contributed by atoms with E-state index >= 15 is 0 Å². The van der Waals surface area contributed by atoms with Gasteiger partial charge in [0.2, 0.25) is 11.7 Å². The van der Waals surface area contributed by atoms with Gasteiger partial charge in [0.15, 0.2) is 17.3 Å². The van der Waals surface area contributed by atoms with E-state index in [1.165, 1.54) is 27.5 Å². The number of nitrogens with zero attached hydrogens (tertiary/aromatic N) is 2. The third-order valence-electron chi connectivity index (χ3n) is 4.14. The van der Waals surface area contributed by atoms with Crippen molar-refractivity contribution in [3.05, 3.63) is 35.2 Å². The smallest absolute Gasteiger partial charge is 0.258 e. The number of aromatic nitrogens is 2.